The van der Waals surface area contributed by atoms with Crippen LogP contribution < -0.4 is 0 Å². The standard InChI is InChI=1S/C29H32N4/c1-7-8-10-13-22(2)33(6)28(30-3)24-18-16-23-17-19-25(21-26(23)20-24)29(32(4)5)31-27-14-11-9-12-15-27/h7-21H,2H2,1,3-6H3/b8-7-,13-10-,30-28-,31-29-. The molecular weight excluding hydrogens is 404 g/mol. The van der Waals surface area contributed by atoms with Gasteiger partial charge in [-0.05, 0) is 48.0 Å². The largest absolute Gasteiger partial charge is 0.362 e. The van der Waals surface area contributed by atoms with Gasteiger partial charge < -0.3 is 9.80 Å². The first-order chi connectivity index (χ1) is 15.9. The third-order valence-electron chi connectivity index (χ3n) is 5.32. The molecule has 0 N–H and O–H groups in total. The molecule has 0 spiro atoms. The molecule has 33 heavy (non-hydrogen) atoms. The number of hydrogen-bond donors (Lipinski definition) is 0. The smallest absolute Gasteiger partial charge is 0.136 e. The summed E-state index contributed by atoms with van der Waals surface area (Å²) in [7, 11) is 7.84. The number of amidine groups is 2. The van der Waals surface area contributed by atoms with Crippen LogP contribution >= 0.6 is 0 Å². The van der Waals surface area contributed by atoms with Gasteiger partial charge in [0.05, 0.1) is 5.69 Å². The van der Waals surface area contributed by atoms with Gasteiger partial charge in [0.2, 0.25) is 0 Å². The molecule has 0 saturated carbocycles. The summed E-state index contributed by atoms with van der Waals surface area (Å²) in [6.45, 7) is 6.17. The van der Waals surface area contributed by atoms with Crippen molar-refractivity contribution in [3.8, 4) is 0 Å². The predicted molar refractivity (Wildman–Crippen MR) is 144 cm³/mol. The highest BCUT2D eigenvalue weighted by Gasteiger charge is 2.13. The summed E-state index contributed by atoms with van der Waals surface area (Å²) < 4.78 is 0. The van der Waals surface area contributed by atoms with E-state index in [1.54, 1.807) is 0 Å². The minimum atomic E-state index is 0.864. The number of nitrogens with zero attached hydrogens (tertiary/aromatic N) is 4. The van der Waals surface area contributed by atoms with Crippen LogP contribution in [0, 0.1) is 0 Å². The molecule has 0 amide bonds. The minimum Gasteiger partial charge on any atom is -0.362 e. The number of benzene rings is 3. The van der Waals surface area contributed by atoms with Gasteiger partial charge in [0, 0.05) is 45.0 Å². The molecule has 3 rings (SSSR count). The van der Waals surface area contributed by atoms with Crippen molar-refractivity contribution >= 4 is 28.1 Å². The quantitative estimate of drug-likeness (QED) is 0.253. The number of likely N-dealkylation sites (N-methyl/N-ethyl adjacent to an activating group) is 1. The van der Waals surface area contributed by atoms with Crippen molar-refractivity contribution in [2.45, 2.75) is 6.92 Å². The van der Waals surface area contributed by atoms with Crippen LogP contribution in [-0.2, 0) is 0 Å². The van der Waals surface area contributed by atoms with Crippen molar-refractivity contribution in [1.82, 2.24) is 9.80 Å². The fraction of sp³-hybridized carbons (Fsp3) is 0.172. The molecule has 0 aliphatic heterocycles. The summed E-state index contributed by atoms with van der Waals surface area (Å²) in [4.78, 5) is 13.5. The highest BCUT2D eigenvalue weighted by atomic mass is 15.2. The highest BCUT2D eigenvalue weighted by Crippen LogP contribution is 2.22. The van der Waals surface area contributed by atoms with Gasteiger partial charge in [0.25, 0.3) is 0 Å². The second-order valence-corrected chi connectivity index (χ2v) is 7.92. The van der Waals surface area contributed by atoms with Crippen LogP contribution in [0.1, 0.15) is 18.1 Å². The molecule has 0 saturated heterocycles. The van der Waals surface area contributed by atoms with E-state index in [0.29, 0.717) is 0 Å². The van der Waals surface area contributed by atoms with Crippen LogP contribution in [0.4, 0.5) is 5.69 Å². The number of fused-ring (bicyclic) bond motifs is 1. The topological polar surface area (TPSA) is 31.2 Å². The summed E-state index contributed by atoms with van der Waals surface area (Å²) in [5.74, 6) is 1.78. The Hall–Kier alpha value is -3.92. The molecular formula is C29H32N4. The number of allylic oxidation sites excluding steroid dienone is 4. The molecule has 0 bridgehead atoms. The molecule has 4 heteroatoms. The zero-order valence-electron chi connectivity index (χ0n) is 20.2. The molecule has 0 aromatic heterocycles. The molecule has 0 radical (unpaired) electrons. The Morgan fingerprint density at radius 1 is 0.818 bits per heavy atom. The van der Waals surface area contributed by atoms with Gasteiger partial charge in [0.1, 0.15) is 11.7 Å². The van der Waals surface area contributed by atoms with E-state index in [0.717, 1.165) is 39.6 Å². The van der Waals surface area contributed by atoms with Crippen molar-refractivity contribution in [3.63, 3.8) is 0 Å². The number of para-hydroxylation sites is 1. The van der Waals surface area contributed by atoms with E-state index in [4.69, 9.17) is 4.99 Å². The third-order valence-corrected chi connectivity index (χ3v) is 5.32. The zero-order valence-corrected chi connectivity index (χ0v) is 20.2. The van der Waals surface area contributed by atoms with Gasteiger partial charge in [-0.25, -0.2) is 4.99 Å². The predicted octanol–water partition coefficient (Wildman–Crippen LogP) is 6.43. The van der Waals surface area contributed by atoms with Crippen LogP contribution in [0.15, 0.2) is 113 Å². The van der Waals surface area contributed by atoms with Crippen LogP contribution in [0.5, 0.6) is 0 Å². The van der Waals surface area contributed by atoms with E-state index >= 15 is 0 Å². The monoisotopic (exact) mass is 436 g/mol. The van der Waals surface area contributed by atoms with Crippen molar-refractivity contribution in [2.75, 3.05) is 28.2 Å². The van der Waals surface area contributed by atoms with E-state index in [1.165, 1.54) is 5.39 Å². The van der Waals surface area contributed by atoms with Crippen LogP contribution in [0.2, 0.25) is 0 Å². The lowest BCUT2D eigenvalue weighted by molar-refractivity contribution is 0.624. The maximum Gasteiger partial charge on any atom is 0.136 e. The Bertz CT molecular complexity index is 1230. The maximum absolute atomic E-state index is 4.88. The first-order valence-corrected chi connectivity index (χ1v) is 11.0. The molecule has 0 aliphatic carbocycles. The van der Waals surface area contributed by atoms with Gasteiger partial charge in [-0.1, -0.05) is 67.3 Å². The highest BCUT2D eigenvalue weighted by molar-refractivity contribution is 6.06. The van der Waals surface area contributed by atoms with Gasteiger partial charge >= 0.3 is 0 Å². The second-order valence-electron chi connectivity index (χ2n) is 7.92. The molecule has 0 aliphatic rings. The van der Waals surface area contributed by atoms with E-state index in [2.05, 4.69) is 48.0 Å². The summed E-state index contributed by atoms with van der Waals surface area (Å²) in [6.07, 6.45) is 7.93. The molecule has 0 unspecified atom stereocenters. The summed E-state index contributed by atoms with van der Waals surface area (Å²) in [5.41, 5.74) is 3.90. The Morgan fingerprint density at radius 2 is 1.45 bits per heavy atom. The Balaban J connectivity index is 2.00. The molecule has 0 heterocycles. The summed E-state index contributed by atoms with van der Waals surface area (Å²) in [5, 5.41) is 2.31. The van der Waals surface area contributed by atoms with E-state index in [1.807, 2.05) is 99.6 Å². The Labute approximate surface area is 197 Å². The first kappa shape index (κ1) is 23.7. The average Bonchev–Trinajstić information content (AvgIpc) is 2.83. The molecule has 0 atom stereocenters. The number of hydrogen-bond acceptors (Lipinski definition) is 2. The molecule has 168 valence electrons. The zero-order chi connectivity index (χ0) is 23.8. The van der Waals surface area contributed by atoms with Gasteiger partial charge in [-0.2, -0.15) is 0 Å². The Morgan fingerprint density at radius 3 is 2.03 bits per heavy atom. The van der Waals surface area contributed by atoms with E-state index in [9.17, 15) is 0 Å². The fourth-order valence-corrected chi connectivity index (χ4v) is 3.57. The van der Waals surface area contributed by atoms with Crippen LogP contribution in [-0.4, -0.2) is 49.7 Å². The van der Waals surface area contributed by atoms with Crippen molar-refractivity contribution < 1.29 is 0 Å². The number of rotatable bonds is 6. The lowest BCUT2D eigenvalue weighted by Crippen LogP contribution is -2.26. The van der Waals surface area contributed by atoms with Gasteiger partial charge in [0.15, 0.2) is 0 Å². The normalized spacial score (nSPS) is 12.6. The average molecular weight is 437 g/mol. The van der Waals surface area contributed by atoms with E-state index < -0.39 is 0 Å². The van der Waals surface area contributed by atoms with Crippen molar-refractivity contribution in [1.29, 1.82) is 0 Å². The van der Waals surface area contributed by atoms with Crippen molar-refractivity contribution in [2.24, 2.45) is 9.98 Å². The third kappa shape index (κ3) is 5.86. The number of aliphatic imine (C=N–C) groups is 2. The van der Waals surface area contributed by atoms with Crippen molar-refractivity contribution in [3.05, 3.63) is 114 Å². The van der Waals surface area contributed by atoms with Crippen LogP contribution in [0.3, 0.4) is 0 Å². The Kier molecular flexibility index (Phi) is 7.98. The molecule has 0 fully saturated rings. The fourth-order valence-electron chi connectivity index (χ4n) is 3.57. The van der Waals surface area contributed by atoms with Crippen LogP contribution in [0.25, 0.3) is 10.8 Å². The van der Waals surface area contributed by atoms with Gasteiger partial charge in [-0.3, -0.25) is 4.99 Å². The minimum absolute atomic E-state index is 0.864. The first-order valence-electron chi connectivity index (χ1n) is 11.0. The van der Waals surface area contributed by atoms with Gasteiger partial charge in [-0.15, -0.1) is 0 Å². The maximum atomic E-state index is 4.88. The molecule has 4 nitrogen and oxygen atoms in total. The SMILES string of the molecule is C=C(/C=C\C=C/C)N(C)/C(=N\C)c1ccc2ccc(/C(=N/c3ccccc3)N(C)C)cc2c1. The second kappa shape index (κ2) is 11.1. The lowest BCUT2D eigenvalue weighted by Gasteiger charge is -2.22. The van der Waals surface area contributed by atoms with E-state index in [-0.39, 0.29) is 0 Å². The molecule has 3 aromatic rings. The lowest BCUT2D eigenvalue weighted by atomic mass is 10.0. The summed E-state index contributed by atoms with van der Waals surface area (Å²) >= 11 is 0. The summed E-state index contributed by atoms with van der Waals surface area (Å²) in [6, 6.07) is 22.9. The molecule has 3 aromatic carbocycles.